The molecule has 3 aromatic rings. The second-order valence-electron chi connectivity index (χ2n) is 6.96. The Kier molecular flexibility index (Phi) is 5.21. The number of nitrogens with one attached hydrogen (secondary N) is 2. The molecule has 1 aromatic heterocycles. The first-order chi connectivity index (χ1) is 13.6. The Labute approximate surface area is 167 Å². The Balaban J connectivity index is 1.48. The number of aromatic nitrogens is 1. The van der Waals surface area contributed by atoms with Crippen molar-refractivity contribution in [2.75, 3.05) is 0 Å². The maximum Gasteiger partial charge on any atom is 0.251 e. The normalized spacial score (nSPS) is 13.2. The lowest BCUT2D eigenvalue weighted by atomic mass is 9.97. The van der Waals surface area contributed by atoms with Crippen molar-refractivity contribution in [3.05, 3.63) is 75.7 Å². The van der Waals surface area contributed by atoms with E-state index in [0.717, 1.165) is 34.5 Å². The maximum atomic E-state index is 12.3. The van der Waals surface area contributed by atoms with Gasteiger partial charge in [0.1, 0.15) is 5.01 Å². The quantitative estimate of drug-likeness (QED) is 0.669. The van der Waals surface area contributed by atoms with Crippen LogP contribution >= 0.6 is 11.3 Å². The molecule has 1 fully saturated rings. The van der Waals surface area contributed by atoms with Gasteiger partial charge in [-0.1, -0.05) is 18.2 Å². The van der Waals surface area contributed by atoms with Gasteiger partial charge in [-0.15, -0.1) is 11.3 Å². The van der Waals surface area contributed by atoms with Crippen molar-refractivity contribution in [2.45, 2.75) is 32.4 Å². The fraction of sp³-hybridized carbons (Fsp3) is 0.227. The first-order valence-corrected chi connectivity index (χ1v) is 10.2. The van der Waals surface area contributed by atoms with E-state index in [1.165, 1.54) is 11.3 Å². The van der Waals surface area contributed by atoms with Gasteiger partial charge in [0.2, 0.25) is 0 Å². The Morgan fingerprint density at radius 1 is 1.07 bits per heavy atom. The third-order valence-corrected chi connectivity index (χ3v) is 5.53. The summed E-state index contributed by atoms with van der Waals surface area (Å²) in [6.45, 7) is 2.45. The molecule has 4 rings (SSSR count). The molecule has 28 heavy (non-hydrogen) atoms. The number of hydrogen-bond acceptors (Lipinski definition) is 4. The highest BCUT2D eigenvalue weighted by molar-refractivity contribution is 7.09. The Morgan fingerprint density at radius 3 is 2.50 bits per heavy atom. The summed E-state index contributed by atoms with van der Waals surface area (Å²) in [5.41, 5.74) is 4.33. The summed E-state index contributed by atoms with van der Waals surface area (Å²) in [6.07, 6.45) is 3.86. The number of thiazole rings is 1. The summed E-state index contributed by atoms with van der Waals surface area (Å²) < 4.78 is 0. The zero-order chi connectivity index (χ0) is 19.5. The zero-order valence-electron chi connectivity index (χ0n) is 15.6. The predicted octanol–water partition coefficient (Wildman–Crippen LogP) is 3.94. The molecule has 0 unspecified atom stereocenters. The Bertz CT molecular complexity index is 993. The van der Waals surface area contributed by atoms with E-state index in [1.807, 2.05) is 54.8 Å². The summed E-state index contributed by atoms with van der Waals surface area (Å²) in [6, 6.07) is 13.5. The summed E-state index contributed by atoms with van der Waals surface area (Å²) in [7, 11) is 0. The fourth-order valence-corrected chi connectivity index (χ4v) is 3.53. The third-order valence-electron chi connectivity index (χ3n) is 4.75. The molecule has 2 N–H and O–H groups in total. The molecule has 0 radical (unpaired) electrons. The lowest BCUT2D eigenvalue weighted by Crippen LogP contribution is -2.25. The van der Waals surface area contributed by atoms with Crippen LogP contribution in [0.2, 0.25) is 0 Å². The van der Waals surface area contributed by atoms with Crippen molar-refractivity contribution >= 4 is 23.2 Å². The predicted molar refractivity (Wildman–Crippen MR) is 110 cm³/mol. The molecule has 0 atom stereocenters. The number of nitrogens with zero attached hydrogens (tertiary/aromatic N) is 1. The SMILES string of the molecule is Cc1ccc(C(=O)NC2CC2)cc1-c1ccc(C(=O)NCc2nccs2)cc1. The number of carbonyl (C=O) groups is 2. The van der Waals surface area contributed by atoms with Crippen LogP contribution < -0.4 is 10.6 Å². The first-order valence-electron chi connectivity index (χ1n) is 9.28. The Hall–Kier alpha value is -2.99. The van der Waals surface area contributed by atoms with Crippen molar-refractivity contribution in [2.24, 2.45) is 0 Å². The van der Waals surface area contributed by atoms with Crippen LogP contribution in [0.4, 0.5) is 0 Å². The second-order valence-corrected chi connectivity index (χ2v) is 7.94. The van der Waals surface area contributed by atoms with E-state index < -0.39 is 0 Å². The number of aryl methyl sites for hydroxylation is 1. The molecule has 142 valence electrons. The largest absolute Gasteiger partial charge is 0.349 e. The smallest absolute Gasteiger partial charge is 0.251 e. The highest BCUT2D eigenvalue weighted by atomic mass is 32.1. The van der Waals surface area contributed by atoms with E-state index in [2.05, 4.69) is 15.6 Å². The average Bonchev–Trinajstić information content (AvgIpc) is 3.37. The van der Waals surface area contributed by atoms with E-state index in [9.17, 15) is 9.59 Å². The molecule has 6 heteroatoms. The van der Waals surface area contributed by atoms with E-state index in [1.54, 1.807) is 6.20 Å². The van der Waals surface area contributed by atoms with Crippen LogP contribution in [0, 0.1) is 6.92 Å². The standard InChI is InChI=1S/C22H21N3O2S/c1-14-2-3-17(22(27)25-18-8-9-18)12-19(14)15-4-6-16(7-5-15)21(26)24-13-20-23-10-11-28-20/h2-7,10-12,18H,8-9,13H2,1H3,(H,24,26)(H,25,27). The maximum absolute atomic E-state index is 12.3. The van der Waals surface area contributed by atoms with Gasteiger partial charge in [-0.3, -0.25) is 9.59 Å². The van der Waals surface area contributed by atoms with Gasteiger partial charge in [-0.2, -0.15) is 0 Å². The van der Waals surface area contributed by atoms with Crippen LogP contribution in [0.15, 0.2) is 54.0 Å². The average molecular weight is 391 g/mol. The van der Waals surface area contributed by atoms with E-state index >= 15 is 0 Å². The minimum Gasteiger partial charge on any atom is -0.349 e. The summed E-state index contributed by atoms with van der Waals surface area (Å²) >= 11 is 1.51. The van der Waals surface area contributed by atoms with Crippen molar-refractivity contribution in [1.29, 1.82) is 0 Å². The van der Waals surface area contributed by atoms with Crippen molar-refractivity contribution < 1.29 is 9.59 Å². The molecule has 1 saturated carbocycles. The second kappa shape index (κ2) is 7.94. The van der Waals surface area contributed by atoms with Crippen LogP contribution in [0.5, 0.6) is 0 Å². The monoisotopic (exact) mass is 391 g/mol. The van der Waals surface area contributed by atoms with Crippen LogP contribution in [0.3, 0.4) is 0 Å². The lowest BCUT2D eigenvalue weighted by Gasteiger charge is -2.10. The number of amides is 2. The molecule has 1 heterocycles. The van der Waals surface area contributed by atoms with Crippen LogP contribution in [0.1, 0.15) is 44.1 Å². The van der Waals surface area contributed by atoms with E-state index in [4.69, 9.17) is 0 Å². The summed E-state index contributed by atoms with van der Waals surface area (Å²) in [4.78, 5) is 28.8. The van der Waals surface area contributed by atoms with E-state index in [-0.39, 0.29) is 11.8 Å². The van der Waals surface area contributed by atoms with Gasteiger partial charge < -0.3 is 10.6 Å². The molecule has 0 aliphatic heterocycles. The van der Waals surface area contributed by atoms with Gasteiger partial charge >= 0.3 is 0 Å². The Morgan fingerprint density at radius 2 is 1.82 bits per heavy atom. The molecule has 2 aromatic carbocycles. The highest BCUT2D eigenvalue weighted by Crippen LogP contribution is 2.26. The van der Waals surface area contributed by atoms with Crippen LogP contribution in [-0.2, 0) is 6.54 Å². The summed E-state index contributed by atoms with van der Waals surface area (Å²) in [5, 5.41) is 8.66. The van der Waals surface area contributed by atoms with Gasteiger partial charge in [0, 0.05) is 28.7 Å². The first kappa shape index (κ1) is 18.4. The lowest BCUT2D eigenvalue weighted by molar-refractivity contribution is 0.0943. The van der Waals surface area contributed by atoms with Gasteiger partial charge in [0.25, 0.3) is 11.8 Å². The highest BCUT2D eigenvalue weighted by Gasteiger charge is 2.24. The molecule has 0 saturated heterocycles. The molecule has 0 bridgehead atoms. The zero-order valence-corrected chi connectivity index (χ0v) is 16.4. The minimum atomic E-state index is -0.129. The van der Waals surface area contributed by atoms with Crippen LogP contribution in [0.25, 0.3) is 11.1 Å². The number of benzene rings is 2. The molecular weight excluding hydrogens is 370 g/mol. The van der Waals surface area contributed by atoms with Crippen molar-refractivity contribution in [3.8, 4) is 11.1 Å². The minimum absolute atomic E-state index is 0.0260. The molecule has 0 spiro atoms. The molecule has 1 aliphatic carbocycles. The molecular formula is C22H21N3O2S. The fourth-order valence-electron chi connectivity index (χ4n) is 2.97. The molecule has 1 aliphatic rings. The third kappa shape index (κ3) is 4.28. The van der Waals surface area contributed by atoms with Crippen molar-refractivity contribution in [3.63, 3.8) is 0 Å². The van der Waals surface area contributed by atoms with Gasteiger partial charge in [-0.25, -0.2) is 4.98 Å². The van der Waals surface area contributed by atoms with Gasteiger partial charge in [-0.05, 0) is 60.7 Å². The van der Waals surface area contributed by atoms with Crippen LogP contribution in [-0.4, -0.2) is 22.8 Å². The summed E-state index contributed by atoms with van der Waals surface area (Å²) in [5.74, 6) is -0.155. The molecule has 2 amide bonds. The topological polar surface area (TPSA) is 71.1 Å². The van der Waals surface area contributed by atoms with Gasteiger partial charge in [0.05, 0.1) is 6.54 Å². The van der Waals surface area contributed by atoms with Gasteiger partial charge in [0.15, 0.2) is 0 Å². The van der Waals surface area contributed by atoms with Crippen molar-refractivity contribution in [1.82, 2.24) is 15.6 Å². The number of rotatable bonds is 6. The van der Waals surface area contributed by atoms with E-state index in [0.29, 0.717) is 23.7 Å². The number of carbonyl (C=O) groups excluding carboxylic acids is 2. The molecule has 5 nitrogen and oxygen atoms in total. The number of hydrogen-bond donors (Lipinski definition) is 2.